The first-order valence-corrected chi connectivity index (χ1v) is 9.15. The van der Waals surface area contributed by atoms with Crippen molar-refractivity contribution in [3.63, 3.8) is 0 Å². The number of benzene rings is 2. The molecule has 0 bridgehead atoms. The summed E-state index contributed by atoms with van der Waals surface area (Å²) >= 11 is 5.00. The zero-order valence-electron chi connectivity index (χ0n) is 13.4. The predicted molar refractivity (Wildman–Crippen MR) is 100 cm³/mol. The molecule has 0 spiro atoms. The zero-order valence-corrected chi connectivity index (χ0v) is 15.8. The molecule has 0 unspecified atom stereocenters. The lowest BCUT2D eigenvalue weighted by Gasteiger charge is -2.23. The number of amides is 1. The van der Waals surface area contributed by atoms with Gasteiger partial charge in [0.1, 0.15) is 10.8 Å². The van der Waals surface area contributed by atoms with Crippen molar-refractivity contribution >= 4 is 43.4 Å². The van der Waals surface area contributed by atoms with Crippen LogP contribution in [0.15, 0.2) is 53.0 Å². The number of rotatable bonds is 5. The van der Waals surface area contributed by atoms with Gasteiger partial charge in [0.05, 0.1) is 16.3 Å². The molecule has 24 heavy (non-hydrogen) atoms. The van der Waals surface area contributed by atoms with Gasteiger partial charge in [-0.1, -0.05) is 34.1 Å². The van der Waals surface area contributed by atoms with E-state index >= 15 is 0 Å². The number of likely N-dealkylation sites (N-methyl/N-ethyl adjacent to an activating group) is 1. The average molecular weight is 405 g/mol. The van der Waals surface area contributed by atoms with Gasteiger partial charge in [0, 0.05) is 11.5 Å². The maximum atomic E-state index is 12.4. The third-order valence-electron chi connectivity index (χ3n) is 3.80. The molecule has 0 saturated carbocycles. The highest BCUT2D eigenvalue weighted by molar-refractivity contribution is 9.10. The summed E-state index contributed by atoms with van der Waals surface area (Å²) in [5.74, 6) is 0.584. The Kier molecular flexibility index (Phi) is 5.16. The minimum absolute atomic E-state index is 0.00217. The Morgan fingerprint density at radius 3 is 2.83 bits per heavy atom. The van der Waals surface area contributed by atoms with Gasteiger partial charge < -0.3 is 9.64 Å². The summed E-state index contributed by atoms with van der Waals surface area (Å²) in [4.78, 5) is 18.7. The van der Waals surface area contributed by atoms with E-state index in [0.717, 1.165) is 19.7 Å². The highest BCUT2D eigenvalue weighted by Crippen LogP contribution is 2.28. The molecular weight excluding hydrogens is 388 g/mol. The molecule has 2 aromatic carbocycles. The summed E-state index contributed by atoms with van der Waals surface area (Å²) in [6.45, 7) is 1.98. The average Bonchev–Trinajstić information content (AvgIpc) is 3.02. The van der Waals surface area contributed by atoms with Crippen molar-refractivity contribution in [2.24, 2.45) is 0 Å². The quantitative estimate of drug-likeness (QED) is 0.620. The van der Waals surface area contributed by atoms with Crippen molar-refractivity contribution in [1.29, 1.82) is 0 Å². The fourth-order valence-electron chi connectivity index (χ4n) is 2.25. The minimum atomic E-state index is -0.0963. The maximum Gasteiger partial charge on any atom is 0.260 e. The number of thiazole rings is 1. The van der Waals surface area contributed by atoms with Gasteiger partial charge >= 0.3 is 0 Å². The van der Waals surface area contributed by atoms with Crippen LogP contribution in [0.5, 0.6) is 5.75 Å². The molecule has 1 amide bonds. The number of fused-ring (bicyclic) bond motifs is 1. The van der Waals surface area contributed by atoms with Gasteiger partial charge in [-0.15, -0.1) is 11.3 Å². The van der Waals surface area contributed by atoms with Gasteiger partial charge in [-0.25, -0.2) is 4.98 Å². The lowest BCUT2D eigenvalue weighted by atomic mass is 10.3. The van der Waals surface area contributed by atoms with E-state index < -0.39 is 0 Å². The van der Waals surface area contributed by atoms with E-state index in [9.17, 15) is 4.79 Å². The van der Waals surface area contributed by atoms with Crippen molar-refractivity contribution in [1.82, 2.24) is 9.88 Å². The van der Waals surface area contributed by atoms with Crippen LogP contribution in [0.1, 0.15) is 18.0 Å². The first-order chi connectivity index (χ1) is 11.5. The Morgan fingerprint density at radius 1 is 1.29 bits per heavy atom. The Labute approximate surface area is 153 Å². The lowest BCUT2D eigenvalue weighted by molar-refractivity contribution is -0.134. The first kappa shape index (κ1) is 16.9. The molecule has 124 valence electrons. The Hall–Kier alpha value is -1.92. The molecule has 0 fully saturated rings. The molecule has 3 aromatic rings. The number of carbonyl (C=O) groups excluding carboxylic acids is 1. The number of para-hydroxylation sites is 1. The van der Waals surface area contributed by atoms with Crippen LogP contribution in [0.25, 0.3) is 10.2 Å². The Bertz CT molecular complexity index is 832. The summed E-state index contributed by atoms with van der Waals surface area (Å²) in [5, 5.41) is 0.925. The zero-order chi connectivity index (χ0) is 17.1. The number of ether oxygens (including phenoxy) is 1. The largest absolute Gasteiger partial charge is 0.484 e. The number of aromatic nitrogens is 1. The summed E-state index contributed by atoms with van der Waals surface area (Å²) in [6.07, 6.45) is 0. The Balaban J connectivity index is 1.66. The number of hydrogen-bond acceptors (Lipinski definition) is 4. The monoisotopic (exact) mass is 404 g/mol. The molecule has 0 aliphatic rings. The molecular formula is C18H17BrN2O2S. The standard InChI is InChI=1S/C18H17BrN2O2S/c1-12(18-20-15-8-3-4-9-16(15)24-18)21(2)17(22)11-23-14-7-5-6-13(19)10-14/h3-10,12H,11H2,1-2H3/t12-/m0/s1. The molecule has 0 aliphatic heterocycles. The van der Waals surface area contributed by atoms with E-state index in [4.69, 9.17) is 4.74 Å². The molecule has 3 rings (SSSR count). The highest BCUT2D eigenvalue weighted by atomic mass is 79.9. The second-order valence-electron chi connectivity index (χ2n) is 5.45. The van der Waals surface area contributed by atoms with Crippen LogP contribution in [-0.2, 0) is 4.79 Å². The summed E-state index contributed by atoms with van der Waals surface area (Å²) < 4.78 is 7.63. The smallest absolute Gasteiger partial charge is 0.260 e. The lowest BCUT2D eigenvalue weighted by Crippen LogP contribution is -2.33. The first-order valence-electron chi connectivity index (χ1n) is 7.54. The van der Waals surface area contributed by atoms with Crippen molar-refractivity contribution in [3.8, 4) is 5.75 Å². The van der Waals surface area contributed by atoms with E-state index in [2.05, 4.69) is 20.9 Å². The third-order valence-corrected chi connectivity index (χ3v) is 5.50. The summed E-state index contributed by atoms with van der Waals surface area (Å²) in [7, 11) is 1.78. The SMILES string of the molecule is C[C@@H](c1nc2ccccc2s1)N(C)C(=O)COc1cccc(Br)c1. The van der Waals surface area contributed by atoms with Crippen LogP contribution in [-0.4, -0.2) is 29.4 Å². The minimum Gasteiger partial charge on any atom is -0.484 e. The van der Waals surface area contributed by atoms with E-state index in [1.807, 2.05) is 55.5 Å². The van der Waals surface area contributed by atoms with Crippen molar-refractivity contribution < 1.29 is 9.53 Å². The predicted octanol–water partition coefficient (Wildman–Crippen LogP) is 4.66. The van der Waals surface area contributed by atoms with Crippen LogP contribution in [0.2, 0.25) is 0 Å². The second kappa shape index (κ2) is 7.32. The van der Waals surface area contributed by atoms with Crippen LogP contribution < -0.4 is 4.74 Å². The molecule has 1 heterocycles. The number of carbonyl (C=O) groups is 1. The van der Waals surface area contributed by atoms with Crippen LogP contribution in [0.4, 0.5) is 0 Å². The molecule has 0 N–H and O–H groups in total. The van der Waals surface area contributed by atoms with Crippen LogP contribution in [0.3, 0.4) is 0 Å². The van der Waals surface area contributed by atoms with E-state index in [-0.39, 0.29) is 18.6 Å². The van der Waals surface area contributed by atoms with Gasteiger partial charge in [-0.3, -0.25) is 4.79 Å². The molecule has 0 aliphatic carbocycles. The van der Waals surface area contributed by atoms with Gasteiger partial charge in [-0.05, 0) is 37.3 Å². The Morgan fingerprint density at radius 2 is 2.08 bits per heavy atom. The van der Waals surface area contributed by atoms with E-state index in [1.165, 1.54) is 0 Å². The molecule has 0 saturated heterocycles. The molecule has 1 aromatic heterocycles. The molecule has 4 nitrogen and oxygen atoms in total. The topological polar surface area (TPSA) is 42.4 Å². The van der Waals surface area contributed by atoms with Gasteiger partial charge in [0.15, 0.2) is 6.61 Å². The number of nitrogens with zero attached hydrogens (tertiary/aromatic N) is 2. The molecule has 1 atom stereocenters. The molecule has 0 radical (unpaired) electrons. The summed E-state index contributed by atoms with van der Waals surface area (Å²) in [5.41, 5.74) is 0.968. The number of hydrogen-bond donors (Lipinski definition) is 0. The van der Waals surface area contributed by atoms with Crippen molar-refractivity contribution in [2.45, 2.75) is 13.0 Å². The fourth-order valence-corrected chi connectivity index (χ4v) is 3.70. The second-order valence-corrected chi connectivity index (χ2v) is 7.42. The van der Waals surface area contributed by atoms with Crippen molar-refractivity contribution in [3.05, 3.63) is 58.0 Å². The molecule has 6 heteroatoms. The van der Waals surface area contributed by atoms with Crippen molar-refractivity contribution in [2.75, 3.05) is 13.7 Å². The van der Waals surface area contributed by atoms with E-state index in [0.29, 0.717) is 5.75 Å². The number of halogens is 1. The van der Waals surface area contributed by atoms with E-state index in [1.54, 1.807) is 23.3 Å². The van der Waals surface area contributed by atoms with Gasteiger partial charge in [-0.2, -0.15) is 0 Å². The van der Waals surface area contributed by atoms with Crippen LogP contribution in [0, 0.1) is 0 Å². The fraction of sp³-hybridized carbons (Fsp3) is 0.222. The third kappa shape index (κ3) is 3.76. The van der Waals surface area contributed by atoms with Crippen LogP contribution >= 0.6 is 27.3 Å². The van der Waals surface area contributed by atoms with Gasteiger partial charge in [0.25, 0.3) is 5.91 Å². The summed E-state index contributed by atoms with van der Waals surface area (Å²) in [6, 6.07) is 15.3. The highest BCUT2D eigenvalue weighted by Gasteiger charge is 2.21. The normalized spacial score (nSPS) is 12.1. The van der Waals surface area contributed by atoms with Gasteiger partial charge in [0.2, 0.25) is 0 Å². The maximum absolute atomic E-state index is 12.4.